The summed E-state index contributed by atoms with van der Waals surface area (Å²) in [7, 11) is 0. The molecule has 0 nitrogen and oxygen atoms in total. The van der Waals surface area contributed by atoms with Gasteiger partial charge in [-0.15, -0.1) is 22.9 Å². The Bertz CT molecular complexity index is 551. The fourth-order valence-corrected chi connectivity index (χ4v) is 5.48. The lowest BCUT2D eigenvalue weighted by atomic mass is 10.0. The maximum Gasteiger partial charge on any atom is 0.0857 e. The number of thiophene rings is 1. The molecule has 2 rings (SSSR count). The Morgan fingerprint density at radius 3 is 2.47 bits per heavy atom. The number of hydrogen-bond donors (Lipinski definition) is 0. The molecule has 90 valence electrons. The average Bonchev–Trinajstić information content (AvgIpc) is 2.61. The zero-order chi connectivity index (χ0) is 12.6. The minimum absolute atomic E-state index is 0.135. The second-order valence-corrected chi connectivity index (χ2v) is 8.64. The van der Waals surface area contributed by atoms with Gasteiger partial charge in [0.1, 0.15) is 0 Å². The molecular formula is C12H8Br3ClS. The summed E-state index contributed by atoms with van der Waals surface area (Å²) in [4.78, 5) is 0. The molecule has 0 amide bonds. The van der Waals surface area contributed by atoms with E-state index in [2.05, 4.69) is 66.8 Å². The highest BCUT2D eigenvalue weighted by Crippen LogP contribution is 2.42. The Morgan fingerprint density at radius 1 is 1.18 bits per heavy atom. The number of rotatable bonds is 2. The lowest BCUT2D eigenvalue weighted by Gasteiger charge is -2.13. The molecule has 5 heteroatoms. The first-order valence-electron chi connectivity index (χ1n) is 4.84. The molecule has 0 bridgehead atoms. The van der Waals surface area contributed by atoms with Crippen molar-refractivity contribution in [1.82, 2.24) is 0 Å². The predicted octanol–water partition coefficient (Wildman–Crippen LogP) is 6.67. The SMILES string of the molecule is Cc1c(Br)cccc1C(Cl)c1cc(Br)sc1Br. The maximum absolute atomic E-state index is 6.56. The van der Waals surface area contributed by atoms with E-state index in [4.69, 9.17) is 11.6 Å². The summed E-state index contributed by atoms with van der Waals surface area (Å²) >= 11 is 18.8. The van der Waals surface area contributed by atoms with Crippen molar-refractivity contribution in [2.45, 2.75) is 12.3 Å². The van der Waals surface area contributed by atoms with Gasteiger partial charge in [0.25, 0.3) is 0 Å². The average molecular weight is 459 g/mol. The normalized spacial score (nSPS) is 12.8. The molecule has 1 aromatic heterocycles. The molecular weight excluding hydrogens is 451 g/mol. The summed E-state index contributed by atoms with van der Waals surface area (Å²) in [6, 6.07) is 8.17. The summed E-state index contributed by atoms with van der Waals surface area (Å²) in [6.45, 7) is 2.07. The topological polar surface area (TPSA) is 0 Å². The molecule has 0 fully saturated rings. The Morgan fingerprint density at radius 2 is 1.88 bits per heavy atom. The van der Waals surface area contributed by atoms with Crippen molar-refractivity contribution in [3.63, 3.8) is 0 Å². The van der Waals surface area contributed by atoms with Crippen molar-refractivity contribution in [1.29, 1.82) is 0 Å². The molecule has 1 heterocycles. The van der Waals surface area contributed by atoms with Gasteiger partial charge in [0.05, 0.1) is 12.9 Å². The zero-order valence-electron chi connectivity index (χ0n) is 8.81. The smallest absolute Gasteiger partial charge is 0.0857 e. The number of halogens is 4. The van der Waals surface area contributed by atoms with Crippen molar-refractivity contribution in [3.8, 4) is 0 Å². The van der Waals surface area contributed by atoms with Crippen LogP contribution in [0, 0.1) is 6.92 Å². The maximum atomic E-state index is 6.56. The molecule has 0 saturated heterocycles. The molecule has 0 aliphatic rings. The Kier molecular flexibility index (Phi) is 4.75. The van der Waals surface area contributed by atoms with Crippen molar-refractivity contribution >= 4 is 70.7 Å². The van der Waals surface area contributed by atoms with Crippen molar-refractivity contribution in [2.24, 2.45) is 0 Å². The third-order valence-corrected chi connectivity index (χ3v) is 6.25. The van der Waals surface area contributed by atoms with Crippen LogP contribution in [-0.2, 0) is 0 Å². The second-order valence-electron chi connectivity index (χ2n) is 3.60. The molecule has 1 aromatic carbocycles. The highest BCUT2D eigenvalue weighted by molar-refractivity contribution is 9.12. The quantitative estimate of drug-likeness (QED) is 0.440. The van der Waals surface area contributed by atoms with Gasteiger partial charge in [-0.2, -0.15) is 0 Å². The minimum atomic E-state index is -0.135. The molecule has 0 radical (unpaired) electrons. The summed E-state index contributed by atoms with van der Waals surface area (Å²) < 4.78 is 3.24. The van der Waals surface area contributed by atoms with Crippen molar-refractivity contribution in [3.05, 3.63) is 53.0 Å². The molecule has 0 saturated carbocycles. The van der Waals surface area contributed by atoms with Crippen molar-refractivity contribution < 1.29 is 0 Å². The zero-order valence-corrected chi connectivity index (χ0v) is 15.1. The lowest BCUT2D eigenvalue weighted by Crippen LogP contribution is -1.96. The highest BCUT2D eigenvalue weighted by Gasteiger charge is 2.19. The lowest BCUT2D eigenvalue weighted by molar-refractivity contribution is 1.11. The number of alkyl halides is 1. The van der Waals surface area contributed by atoms with Crippen LogP contribution in [-0.4, -0.2) is 0 Å². The molecule has 2 aromatic rings. The highest BCUT2D eigenvalue weighted by atomic mass is 79.9. The monoisotopic (exact) mass is 456 g/mol. The summed E-state index contributed by atoms with van der Waals surface area (Å²) in [5.74, 6) is 0. The van der Waals surface area contributed by atoms with Crippen LogP contribution in [0.1, 0.15) is 22.1 Å². The van der Waals surface area contributed by atoms with E-state index in [1.807, 2.05) is 12.1 Å². The summed E-state index contributed by atoms with van der Waals surface area (Å²) in [6.07, 6.45) is 0. The van der Waals surface area contributed by atoms with Gasteiger partial charge in [0, 0.05) is 10.0 Å². The standard InChI is InChI=1S/C12H8Br3ClS/c1-6-7(3-2-4-9(6)13)11(16)8-5-10(14)17-12(8)15/h2-5,11H,1H3. The fraction of sp³-hybridized carbons (Fsp3) is 0.167. The first kappa shape index (κ1) is 14.1. The van der Waals surface area contributed by atoms with E-state index < -0.39 is 0 Å². The Labute approximate surface area is 135 Å². The van der Waals surface area contributed by atoms with E-state index in [9.17, 15) is 0 Å². The third kappa shape index (κ3) is 2.98. The van der Waals surface area contributed by atoms with E-state index in [-0.39, 0.29) is 5.38 Å². The Balaban J connectivity index is 2.47. The largest absolute Gasteiger partial charge is 0.121 e. The molecule has 0 N–H and O–H groups in total. The van der Waals surface area contributed by atoms with Crippen LogP contribution in [0.25, 0.3) is 0 Å². The van der Waals surface area contributed by atoms with Crippen LogP contribution < -0.4 is 0 Å². The molecule has 1 unspecified atom stereocenters. The van der Waals surface area contributed by atoms with Gasteiger partial charge in [0.2, 0.25) is 0 Å². The van der Waals surface area contributed by atoms with E-state index in [0.29, 0.717) is 0 Å². The van der Waals surface area contributed by atoms with E-state index >= 15 is 0 Å². The van der Waals surface area contributed by atoms with Crippen LogP contribution in [0.3, 0.4) is 0 Å². The van der Waals surface area contributed by atoms with Crippen molar-refractivity contribution in [2.75, 3.05) is 0 Å². The Hall–Kier alpha value is 0.650. The van der Waals surface area contributed by atoms with E-state index in [0.717, 1.165) is 23.2 Å². The van der Waals surface area contributed by atoms with Gasteiger partial charge in [0.15, 0.2) is 0 Å². The van der Waals surface area contributed by atoms with Gasteiger partial charge >= 0.3 is 0 Å². The van der Waals surface area contributed by atoms with Gasteiger partial charge in [-0.3, -0.25) is 0 Å². The third-order valence-electron chi connectivity index (χ3n) is 2.54. The minimum Gasteiger partial charge on any atom is -0.121 e. The fourth-order valence-electron chi connectivity index (χ4n) is 1.59. The van der Waals surface area contributed by atoms with Gasteiger partial charge in [-0.1, -0.05) is 28.1 Å². The number of hydrogen-bond acceptors (Lipinski definition) is 1. The van der Waals surface area contributed by atoms with Gasteiger partial charge in [-0.25, -0.2) is 0 Å². The van der Waals surface area contributed by atoms with E-state index in [1.165, 1.54) is 5.56 Å². The molecule has 0 spiro atoms. The van der Waals surface area contributed by atoms with Gasteiger partial charge in [-0.05, 0) is 62.0 Å². The first-order chi connectivity index (χ1) is 8.00. The summed E-state index contributed by atoms with van der Waals surface area (Å²) in [5, 5.41) is -0.135. The van der Waals surface area contributed by atoms with Crippen LogP contribution in [0.4, 0.5) is 0 Å². The second kappa shape index (κ2) is 5.74. The summed E-state index contributed by atoms with van der Waals surface area (Å²) in [5.41, 5.74) is 3.42. The number of benzene rings is 1. The van der Waals surface area contributed by atoms with Crippen LogP contribution in [0.5, 0.6) is 0 Å². The molecule has 0 aliphatic heterocycles. The molecule has 1 atom stereocenters. The molecule has 0 aliphatic carbocycles. The van der Waals surface area contributed by atoms with Gasteiger partial charge < -0.3 is 0 Å². The van der Waals surface area contributed by atoms with Crippen LogP contribution in [0.15, 0.2) is 36.3 Å². The first-order valence-corrected chi connectivity index (χ1v) is 8.47. The van der Waals surface area contributed by atoms with E-state index in [1.54, 1.807) is 11.3 Å². The van der Waals surface area contributed by atoms with Crippen LogP contribution >= 0.6 is 70.7 Å². The molecule has 17 heavy (non-hydrogen) atoms. The van der Waals surface area contributed by atoms with Crippen LogP contribution in [0.2, 0.25) is 0 Å². The predicted molar refractivity (Wildman–Crippen MR) is 86.3 cm³/mol.